The van der Waals surface area contributed by atoms with Crippen LogP contribution in [0.5, 0.6) is 5.88 Å². The first kappa shape index (κ1) is 21.1. The van der Waals surface area contributed by atoms with E-state index in [0.717, 1.165) is 32.5 Å². The number of hydrogen-bond donors (Lipinski definition) is 1. The first-order chi connectivity index (χ1) is 13.8. The molecule has 2 aromatic rings. The van der Waals surface area contributed by atoms with E-state index in [0.29, 0.717) is 11.9 Å². The lowest BCUT2D eigenvalue weighted by atomic mass is 10.0. The SMILES string of the molecule is O=C(O)C(F)(F)F.c1ccc(O[C@@H]2CN(Cc3ccoc3)[C@@H]3CCCO[C@@H]32)nc1. The highest BCUT2D eigenvalue weighted by molar-refractivity contribution is 5.73. The molecular weight excluding hydrogens is 393 g/mol. The maximum absolute atomic E-state index is 10.6. The Morgan fingerprint density at radius 1 is 1.34 bits per heavy atom. The molecule has 0 spiro atoms. The molecule has 7 nitrogen and oxygen atoms in total. The molecule has 4 heterocycles. The van der Waals surface area contributed by atoms with Crippen LogP contribution in [0, 0.1) is 0 Å². The normalized spacial score (nSPS) is 24.3. The number of aliphatic carboxylic acids is 1. The Hall–Kier alpha value is -2.59. The van der Waals surface area contributed by atoms with Gasteiger partial charge in [-0.25, -0.2) is 9.78 Å². The number of aromatic nitrogens is 1. The highest BCUT2D eigenvalue weighted by Crippen LogP contribution is 2.32. The zero-order chi connectivity index (χ0) is 20.9. The second-order valence-corrected chi connectivity index (χ2v) is 6.73. The van der Waals surface area contributed by atoms with E-state index >= 15 is 0 Å². The fourth-order valence-corrected chi connectivity index (χ4v) is 3.48. The molecule has 0 radical (unpaired) electrons. The Balaban J connectivity index is 0.000000298. The minimum absolute atomic E-state index is 0.0344. The molecule has 2 aliphatic rings. The van der Waals surface area contributed by atoms with Crippen molar-refractivity contribution in [3.8, 4) is 5.88 Å². The minimum atomic E-state index is -5.08. The molecule has 0 aliphatic carbocycles. The number of rotatable bonds is 4. The van der Waals surface area contributed by atoms with Crippen molar-refractivity contribution in [1.82, 2.24) is 9.88 Å². The number of halogens is 3. The third kappa shape index (κ3) is 5.70. The molecule has 0 amide bonds. The summed E-state index contributed by atoms with van der Waals surface area (Å²) in [6, 6.07) is 8.17. The van der Waals surface area contributed by atoms with E-state index < -0.39 is 12.1 Å². The molecule has 4 rings (SSSR count). The Bertz CT molecular complexity index is 770. The minimum Gasteiger partial charge on any atom is -0.475 e. The first-order valence-electron chi connectivity index (χ1n) is 9.09. The monoisotopic (exact) mass is 414 g/mol. The van der Waals surface area contributed by atoms with E-state index in [1.807, 2.05) is 30.5 Å². The predicted molar refractivity (Wildman–Crippen MR) is 94.2 cm³/mol. The molecule has 0 aromatic carbocycles. The lowest BCUT2D eigenvalue weighted by Crippen LogP contribution is -2.42. The second-order valence-electron chi connectivity index (χ2n) is 6.73. The molecule has 0 bridgehead atoms. The van der Waals surface area contributed by atoms with Gasteiger partial charge in [0.1, 0.15) is 12.2 Å². The summed E-state index contributed by atoms with van der Waals surface area (Å²) in [5.41, 5.74) is 1.20. The molecule has 10 heteroatoms. The molecule has 2 aliphatic heterocycles. The number of pyridine rings is 1. The van der Waals surface area contributed by atoms with Crippen molar-refractivity contribution in [3.05, 3.63) is 48.6 Å². The van der Waals surface area contributed by atoms with Crippen LogP contribution >= 0.6 is 0 Å². The number of fused-ring (bicyclic) bond motifs is 1. The van der Waals surface area contributed by atoms with Crippen LogP contribution in [-0.2, 0) is 16.1 Å². The van der Waals surface area contributed by atoms with E-state index in [1.165, 1.54) is 5.56 Å². The van der Waals surface area contributed by atoms with Crippen molar-refractivity contribution in [1.29, 1.82) is 0 Å². The third-order valence-electron chi connectivity index (χ3n) is 4.70. The quantitative estimate of drug-likeness (QED) is 0.823. The highest BCUT2D eigenvalue weighted by Gasteiger charge is 2.45. The molecule has 1 N–H and O–H groups in total. The lowest BCUT2D eigenvalue weighted by molar-refractivity contribution is -0.192. The van der Waals surface area contributed by atoms with Crippen LogP contribution in [0.15, 0.2) is 47.4 Å². The third-order valence-corrected chi connectivity index (χ3v) is 4.70. The van der Waals surface area contributed by atoms with Gasteiger partial charge < -0.3 is 19.0 Å². The van der Waals surface area contributed by atoms with Gasteiger partial charge in [-0.2, -0.15) is 13.2 Å². The predicted octanol–water partition coefficient (Wildman–Crippen LogP) is 3.12. The Labute approximate surface area is 165 Å². The summed E-state index contributed by atoms with van der Waals surface area (Å²) in [7, 11) is 0. The van der Waals surface area contributed by atoms with Crippen molar-refractivity contribution in [2.24, 2.45) is 0 Å². The molecule has 29 heavy (non-hydrogen) atoms. The van der Waals surface area contributed by atoms with Gasteiger partial charge in [0.2, 0.25) is 5.88 Å². The van der Waals surface area contributed by atoms with E-state index in [-0.39, 0.29) is 12.2 Å². The van der Waals surface area contributed by atoms with Gasteiger partial charge in [-0.3, -0.25) is 4.90 Å². The van der Waals surface area contributed by atoms with Crippen LogP contribution in [0.25, 0.3) is 0 Å². The van der Waals surface area contributed by atoms with Gasteiger partial charge >= 0.3 is 12.1 Å². The first-order valence-corrected chi connectivity index (χ1v) is 9.09. The molecule has 2 fully saturated rings. The summed E-state index contributed by atoms with van der Waals surface area (Å²) in [4.78, 5) is 15.6. The fraction of sp³-hybridized carbons (Fsp3) is 0.474. The van der Waals surface area contributed by atoms with Crippen LogP contribution in [-0.4, -0.2) is 58.5 Å². The maximum Gasteiger partial charge on any atom is 0.490 e. The Morgan fingerprint density at radius 2 is 2.14 bits per heavy atom. The van der Waals surface area contributed by atoms with E-state index in [2.05, 4.69) is 9.88 Å². The van der Waals surface area contributed by atoms with Gasteiger partial charge in [-0.1, -0.05) is 6.07 Å². The number of nitrogens with zero attached hydrogens (tertiary/aromatic N) is 2. The van der Waals surface area contributed by atoms with E-state index in [1.54, 1.807) is 12.5 Å². The number of carbonyl (C=O) groups is 1. The molecular formula is C19H21F3N2O5. The number of likely N-dealkylation sites (tertiary alicyclic amines) is 1. The molecule has 158 valence electrons. The number of ether oxygens (including phenoxy) is 2. The van der Waals surface area contributed by atoms with Gasteiger partial charge in [0.15, 0.2) is 0 Å². The summed E-state index contributed by atoms with van der Waals surface area (Å²) in [5, 5.41) is 7.12. The van der Waals surface area contributed by atoms with Crippen molar-refractivity contribution >= 4 is 5.97 Å². The van der Waals surface area contributed by atoms with Crippen molar-refractivity contribution in [2.75, 3.05) is 13.2 Å². The number of alkyl halides is 3. The fourth-order valence-electron chi connectivity index (χ4n) is 3.48. The number of hydrogen-bond acceptors (Lipinski definition) is 6. The van der Waals surface area contributed by atoms with Crippen LogP contribution in [0.2, 0.25) is 0 Å². The standard InChI is InChI=1S/C17H20N2O3.C2HF3O2/c1-2-7-18-16(5-1)22-15-11-19(10-13-6-9-20-12-13)14-4-3-8-21-17(14)15;3-2(4,5)1(6)7/h1-2,5-7,9,12,14-15,17H,3-4,8,10-11H2;(H,6,7)/t14-,15-,17+;/m1./s1. The number of carboxylic acid groups (broad SMARTS) is 1. The largest absolute Gasteiger partial charge is 0.490 e. The zero-order valence-electron chi connectivity index (χ0n) is 15.4. The van der Waals surface area contributed by atoms with Crippen LogP contribution in [0.1, 0.15) is 18.4 Å². The van der Waals surface area contributed by atoms with Gasteiger partial charge in [0.25, 0.3) is 0 Å². The van der Waals surface area contributed by atoms with Crippen molar-refractivity contribution in [3.63, 3.8) is 0 Å². The van der Waals surface area contributed by atoms with Gasteiger partial charge in [-0.05, 0) is 25.0 Å². The molecule has 2 aromatic heterocycles. The maximum atomic E-state index is 10.6. The summed E-state index contributed by atoms with van der Waals surface area (Å²) in [6.07, 6.45) is 2.64. The van der Waals surface area contributed by atoms with Crippen molar-refractivity contribution < 1.29 is 37.0 Å². The smallest absolute Gasteiger partial charge is 0.475 e. The Kier molecular flexibility index (Phi) is 6.75. The lowest BCUT2D eigenvalue weighted by Gasteiger charge is -2.31. The second kappa shape index (κ2) is 9.27. The van der Waals surface area contributed by atoms with Crippen LogP contribution < -0.4 is 4.74 Å². The van der Waals surface area contributed by atoms with Gasteiger partial charge in [-0.15, -0.1) is 0 Å². The van der Waals surface area contributed by atoms with Crippen LogP contribution in [0.4, 0.5) is 13.2 Å². The average molecular weight is 414 g/mol. The molecule has 2 saturated heterocycles. The Morgan fingerprint density at radius 3 is 2.76 bits per heavy atom. The van der Waals surface area contributed by atoms with E-state index in [4.69, 9.17) is 23.8 Å². The average Bonchev–Trinajstić information content (AvgIpc) is 3.32. The summed E-state index contributed by atoms with van der Waals surface area (Å²) < 4.78 is 49.0. The summed E-state index contributed by atoms with van der Waals surface area (Å²) in [6.45, 7) is 2.56. The van der Waals surface area contributed by atoms with Crippen molar-refractivity contribution in [2.45, 2.75) is 43.8 Å². The van der Waals surface area contributed by atoms with Gasteiger partial charge in [0.05, 0.1) is 12.5 Å². The number of carboxylic acids is 1. The molecule has 0 unspecified atom stereocenters. The topological polar surface area (TPSA) is 85.0 Å². The van der Waals surface area contributed by atoms with E-state index in [9.17, 15) is 13.2 Å². The summed E-state index contributed by atoms with van der Waals surface area (Å²) >= 11 is 0. The number of furan rings is 1. The van der Waals surface area contributed by atoms with Crippen LogP contribution in [0.3, 0.4) is 0 Å². The highest BCUT2D eigenvalue weighted by atomic mass is 19.4. The molecule has 3 atom stereocenters. The summed E-state index contributed by atoms with van der Waals surface area (Å²) in [5.74, 6) is -2.09. The molecule has 0 saturated carbocycles. The van der Waals surface area contributed by atoms with Gasteiger partial charge in [0, 0.05) is 43.6 Å². The zero-order valence-corrected chi connectivity index (χ0v) is 15.4.